The van der Waals surface area contributed by atoms with E-state index in [-0.39, 0.29) is 5.91 Å². The van der Waals surface area contributed by atoms with Gasteiger partial charge in [0.05, 0.1) is 13.3 Å². The fourth-order valence-corrected chi connectivity index (χ4v) is 1.90. The Kier molecular flexibility index (Phi) is 5.74. The van der Waals surface area contributed by atoms with E-state index < -0.39 is 6.10 Å². The Labute approximate surface area is 135 Å². The summed E-state index contributed by atoms with van der Waals surface area (Å²) < 4.78 is 10.7. The summed E-state index contributed by atoms with van der Waals surface area (Å²) in [5.74, 6) is 1.12. The van der Waals surface area contributed by atoms with Gasteiger partial charge in [-0.05, 0) is 61.4 Å². The van der Waals surface area contributed by atoms with Crippen LogP contribution in [0.4, 0.5) is 0 Å². The van der Waals surface area contributed by atoms with Gasteiger partial charge in [0.2, 0.25) is 0 Å². The number of benzene rings is 2. The monoisotopic (exact) mass is 312 g/mol. The molecule has 5 nitrogen and oxygen atoms in total. The van der Waals surface area contributed by atoms with E-state index in [9.17, 15) is 4.79 Å². The van der Waals surface area contributed by atoms with Crippen LogP contribution >= 0.6 is 0 Å². The zero-order valence-corrected chi connectivity index (χ0v) is 13.4. The van der Waals surface area contributed by atoms with Gasteiger partial charge in [-0.2, -0.15) is 5.10 Å². The maximum absolute atomic E-state index is 12.0. The largest absolute Gasteiger partial charge is 0.497 e. The van der Waals surface area contributed by atoms with Crippen LogP contribution in [0.2, 0.25) is 0 Å². The lowest BCUT2D eigenvalue weighted by atomic mass is 10.2. The Hall–Kier alpha value is -2.82. The Balaban J connectivity index is 1.86. The third-order valence-corrected chi connectivity index (χ3v) is 3.18. The molecule has 0 aromatic heterocycles. The summed E-state index contributed by atoms with van der Waals surface area (Å²) in [5.41, 5.74) is 4.40. The molecule has 0 aliphatic heterocycles. The minimum Gasteiger partial charge on any atom is -0.497 e. The summed E-state index contributed by atoms with van der Waals surface area (Å²) in [4.78, 5) is 12.0. The second-order valence-electron chi connectivity index (χ2n) is 5.08. The van der Waals surface area contributed by atoms with E-state index in [4.69, 9.17) is 9.47 Å². The lowest BCUT2D eigenvalue weighted by molar-refractivity contribution is -0.127. The molecule has 0 heterocycles. The van der Waals surface area contributed by atoms with E-state index in [2.05, 4.69) is 10.5 Å². The number of nitrogens with zero attached hydrogens (tertiary/aromatic N) is 1. The first-order chi connectivity index (χ1) is 11.1. The molecule has 0 spiro atoms. The molecule has 2 aromatic rings. The molecule has 0 aliphatic rings. The first-order valence-electron chi connectivity index (χ1n) is 7.29. The fourth-order valence-electron chi connectivity index (χ4n) is 1.90. The molecule has 2 aromatic carbocycles. The van der Waals surface area contributed by atoms with Gasteiger partial charge in [0, 0.05) is 0 Å². The van der Waals surface area contributed by atoms with Gasteiger partial charge >= 0.3 is 0 Å². The molecule has 120 valence electrons. The van der Waals surface area contributed by atoms with Gasteiger partial charge in [0.15, 0.2) is 6.10 Å². The van der Waals surface area contributed by atoms with Crippen LogP contribution < -0.4 is 14.9 Å². The third-order valence-electron chi connectivity index (χ3n) is 3.18. The highest BCUT2D eigenvalue weighted by Gasteiger charge is 2.13. The number of amides is 1. The SMILES string of the molecule is COc1ccc(/C=N\NC(=O)[C@H](C)Oc2cccc(C)c2)cc1. The molecule has 0 unspecified atom stereocenters. The normalized spacial score (nSPS) is 12.0. The molecule has 23 heavy (non-hydrogen) atoms. The smallest absolute Gasteiger partial charge is 0.280 e. The average Bonchev–Trinajstić information content (AvgIpc) is 2.55. The molecule has 0 radical (unpaired) electrons. The minimum absolute atomic E-state index is 0.309. The van der Waals surface area contributed by atoms with Gasteiger partial charge in [0.25, 0.3) is 5.91 Å². The van der Waals surface area contributed by atoms with Crippen molar-refractivity contribution in [2.75, 3.05) is 7.11 Å². The summed E-state index contributed by atoms with van der Waals surface area (Å²) in [5, 5.41) is 3.93. The molecular formula is C18H20N2O3. The molecule has 0 aliphatic carbocycles. The Morgan fingerprint density at radius 3 is 2.57 bits per heavy atom. The van der Waals surface area contributed by atoms with Crippen LogP contribution in [0.1, 0.15) is 18.1 Å². The molecule has 0 saturated heterocycles. The van der Waals surface area contributed by atoms with E-state index in [1.165, 1.54) is 0 Å². The topological polar surface area (TPSA) is 59.9 Å². The Bertz CT molecular complexity index is 681. The number of aryl methyl sites for hydroxylation is 1. The van der Waals surface area contributed by atoms with E-state index >= 15 is 0 Å². The van der Waals surface area contributed by atoms with Crippen LogP contribution in [0.15, 0.2) is 53.6 Å². The highest BCUT2D eigenvalue weighted by atomic mass is 16.5. The third kappa shape index (κ3) is 5.14. The Morgan fingerprint density at radius 2 is 1.91 bits per heavy atom. The van der Waals surface area contributed by atoms with E-state index in [1.807, 2.05) is 55.5 Å². The van der Waals surface area contributed by atoms with Gasteiger partial charge in [0.1, 0.15) is 11.5 Å². The van der Waals surface area contributed by atoms with Crippen LogP contribution in [0.25, 0.3) is 0 Å². The lowest BCUT2D eigenvalue weighted by Gasteiger charge is -2.13. The second kappa shape index (κ2) is 7.98. The maximum Gasteiger partial charge on any atom is 0.280 e. The van der Waals surface area contributed by atoms with Crippen LogP contribution in [0.3, 0.4) is 0 Å². The van der Waals surface area contributed by atoms with Crippen molar-refractivity contribution >= 4 is 12.1 Å². The molecule has 1 atom stereocenters. The lowest BCUT2D eigenvalue weighted by Crippen LogP contribution is -2.33. The zero-order valence-electron chi connectivity index (χ0n) is 13.4. The molecule has 0 fully saturated rings. The van der Waals surface area contributed by atoms with E-state index in [0.717, 1.165) is 16.9 Å². The van der Waals surface area contributed by atoms with Gasteiger partial charge in [-0.15, -0.1) is 0 Å². The zero-order chi connectivity index (χ0) is 16.7. The van der Waals surface area contributed by atoms with Crippen molar-refractivity contribution in [3.63, 3.8) is 0 Å². The van der Waals surface area contributed by atoms with Gasteiger partial charge in [-0.1, -0.05) is 12.1 Å². The summed E-state index contributed by atoms with van der Waals surface area (Å²) in [6.45, 7) is 3.65. The van der Waals surface area contributed by atoms with Crippen LogP contribution in [-0.2, 0) is 4.79 Å². The number of hydrogen-bond donors (Lipinski definition) is 1. The van der Waals surface area contributed by atoms with Crippen LogP contribution in [0, 0.1) is 6.92 Å². The highest BCUT2D eigenvalue weighted by molar-refractivity contribution is 5.84. The van der Waals surface area contributed by atoms with Gasteiger partial charge in [-0.25, -0.2) is 5.43 Å². The van der Waals surface area contributed by atoms with Crippen molar-refractivity contribution in [3.8, 4) is 11.5 Å². The number of ether oxygens (including phenoxy) is 2. The predicted octanol–water partition coefficient (Wildman–Crippen LogP) is 2.92. The molecule has 1 amide bonds. The van der Waals surface area contributed by atoms with Crippen molar-refractivity contribution in [2.24, 2.45) is 5.10 Å². The molecule has 2 rings (SSSR count). The van der Waals surface area contributed by atoms with Crippen molar-refractivity contribution in [1.82, 2.24) is 5.43 Å². The van der Waals surface area contributed by atoms with Gasteiger partial charge < -0.3 is 9.47 Å². The van der Waals surface area contributed by atoms with E-state index in [1.54, 1.807) is 20.2 Å². The fraction of sp³-hybridized carbons (Fsp3) is 0.222. The standard InChI is InChI=1S/C18H20N2O3/c1-13-5-4-6-17(11-13)23-14(2)18(21)20-19-12-15-7-9-16(22-3)10-8-15/h4-12,14H,1-3H3,(H,20,21)/b19-12-/t14-/m0/s1. The van der Waals surface area contributed by atoms with E-state index in [0.29, 0.717) is 5.75 Å². The molecular weight excluding hydrogens is 292 g/mol. The second-order valence-corrected chi connectivity index (χ2v) is 5.08. The number of carbonyl (C=O) groups excluding carboxylic acids is 1. The Morgan fingerprint density at radius 1 is 1.17 bits per heavy atom. The number of hydrogen-bond acceptors (Lipinski definition) is 4. The first-order valence-corrected chi connectivity index (χ1v) is 7.29. The predicted molar refractivity (Wildman–Crippen MR) is 90.0 cm³/mol. The van der Waals surface area contributed by atoms with Crippen molar-refractivity contribution in [2.45, 2.75) is 20.0 Å². The summed E-state index contributed by atoms with van der Waals surface area (Å²) in [6, 6.07) is 14.9. The van der Waals surface area contributed by atoms with Crippen molar-refractivity contribution in [3.05, 3.63) is 59.7 Å². The summed E-state index contributed by atoms with van der Waals surface area (Å²) in [7, 11) is 1.61. The van der Waals surface area contributed by atoms with Crippen molar-refractivity contribution in [1.29, 1.82) is 0 Å². The summed E-state index contributed by atoms with van der Waals surface area (Å²) >= 11 is 0. The molecule has 0 saturated carbocycles. The van der Waals surface area contributed by atoms with Crippen molar-refractivity contribution < 1.29 is 14.3 Å². The van der Waals surface area contributed by atoms with Gasteiger partial charge in [-0.3, -0.25) is 4.79 Å². The molecule has 1 N–H and O–H groups in total. The average molecular weight is 312 g/mol. The van der Waals surface area contributed by atoms with Crippen LogP contribution in [-0.4, -0.2) is 25.3 Å². The first kappa shape index (κ1) is 16.5. The number of carbonyl (C=O) groups is 1. The molecule has 5 heteroatoms. The number of nitrogens with one attached hydrogen (secondary N) is 1. The summed E-state index contributed by atoms with van der Waals surface area (Å²) in [6.07, 6.45) is 0.932. The minimum atomic E-state index is -0.634. The number of hydrazone groups is 1. The maximum atomic E-state index is 12.0. The highest BCUT2D eigenvalue weighted by Crippen LogP contribution is 2.14. The number of methoxy groups -OCH3 is 1. The number of rotatable bonds is 6. The molecule has 0 bridgehead atoms. The quantitative estimate of drug-likeness (QED) is 0.659. The van der Waals surface area contributed by atoms with Crippen LogP contribution in [0.5, 0.6) is 11.5 Å².